The predicted molar refractivity (Wildman–Crippen MR) is 158 cm³/mol. The first-order valence-corrected chi connectivity index (χ1v) is 16.2. The number of carbonyl (C=O) groups excluding carboxylic acids is 3. The van der Waals surface area contributed by atoms with E-state index in [1.807, 2.05) is 6.08 Å². The molecule has 3 rings (SSSR count). The molecule has 16 nitrogen and oxygen atoms in total. The first kappa shape index (κ1) is 35.9. The maximum atomic E-state index is 14.2. The molecule has 18 heteroatoms. The van der Waals surface area contributed by atoms with Crippen molar-refractivity contribution in [3.8, 4) is 0 Å². The topological polar surface area (TPSA) is 247 Å². The molecule has 1 saturated carbocycles. The molecule has 8 atom stereocenters. The second-order valence-electron chi connectivity index (χ2n) is 11.8. The van der Waals surface area contributed by atoms with Gasteiger partial charge in [-0.25, -0.2) is 4.18 Å². The van der Waals surface area contributed by atoms with Gasteiger partial charge in [0.15, 0.2) is 6.10 Å². The number of ether oxygens (including phenoxy) is 1. The second kappa shape index (κ2) is 15.2. The summed E-state index contributed by atoms with van der Waals surface area (Å²) < 4.78 is 42.0. The number of nitrogens with two attached hydrogens (primary N) is 2. The number of halogens is 1. The Bertz CT molecular complexity index is 1240. The first-order valence-electron chi connectivity index (χ1n) is 14.4. The van der Waals surface area contributed by atoms with Crippen LogP contribution in [-0.2, 0) is 33.7 Å². The minimum Gasteiger partial charge on any atom is -0.390 e. The normalized spacial score (nSPS) is 27.4. The molecule has 0 bridgehead atoms. The minimum absolute atomic E-state index is 0.0132. The average Bonchev–Trinajstić information content (AvgIpc) is 3.56. The molecule has 8 unspecified atom stereocenters. The van der Waals surface area contributed by atoms with Gasteiger partial charge in [-0.3, -0.25) is 35.0 Å². The molecular weight excluding hydrogens is 624 g/mol. The van der Waals surface area contributed by atoms with Crippen molar-refractivity contribution >= 4 is 45.7 Å². The van der Waals surface area contributed by atoms with Crippen molar-refractivity contribution in [3.05, 3.63) is 11.6 Å². The molecule has 0 aromatic carbocycles. The monoisotopic (exact) mass is 667 g/mol. The summed E-state index contributed by atoms with van der Waals surface area (Å²) in [5.41, 5.74) is 12.3. The van der Waals surface area contributed by atoms with Gasteiger partial charge in [-0.15, -0.1) is 11.6 Å². The number of nitrogens with zero attached hydrogens (tertiary/aromatic N) is 2. The van der Waals surface area contributed by atoms with Crippen LogP contribution in [0.25, 0.3) is 0 Å². The summed E-state index contributed by atoms with van der Waals surface area (Å²) in [6.45, 7) is 3.97. The maximum Gasteiger partial charge on any atom is 0.397 e. The van der Waals surface area contributed by atoms with Crippen LogP contribution >= 0.6 is 11.6 Å². The van der Waals surface area contributed by atoms with Crippen LogP contribution in [0.15, 0.2) is 11.6 Å². The van der Waals surface area contributed by atoms with Crippen LogP contribution in [0.1, 0.15) is 39.5 Å². The van der Waals surface area contributed by atoms with Crippen molar-refractivity contribution in [2.75, 3.05) is 33.4 Å². The Kier molecular flexibility index (Phi) is 12.4. The molecule has 0 aromatic heterocycles. The molecule has 9 N–H and O–H groups in total. The summed E-state index contributed by atoms with van der Waals surface area (Å²) in [6, 6.07) is -2.99. The number of aliphatic hydroxyl groups excluding tert-OH is 2. The lowest BCUT2D eigenvalue weighted by Crippen LogP contribution is -2.61. The highest BCUT2D eigenvalue weighted by atomic mass is 35.5. The highest BCUT2D eigenvalue weighted by Gasteiger charge is 2.53. The average molecular weight is 668 g/mol. The zero-order valence-electron chi connectivity index (χ0n) is 25.0. The Labute approximate surface area is 261 Å². The van der Waals surface area contributed by atoms with E-state index in [-0.39, 0.29) is 43.6 Å². The first-order chi connectivity index (χ1) is 20.5. The van der Waals surface area contributed by atoms with Crippen molar-refractivity contribution in [3.63, 3.8) is 0 Å². The summed E-state index contributed by atoms with van der Waals surface area (Å²) >= 11 is 6.65. The zero-order chi connectivity index (χ0) is 32.9. The van der Waals surface area contributed by atoms with Crippen LogP contribution in [-0.4, -0.2) is 132 Å². The van der Waals surface area contributed by atoms with Gasteiger partial charge in [-0.1, -0.05) is 13.8 Å². The standard InChI is InChI=1S/C26H43ClN6O10S/c1-13(2)21(27)22(31-24(37)20(42-3)12-43-44(39,40)41)25(38)33-16-10-19(35)18(34)9-15(16)8-17(33)23(36)30-6-4-14-5-7-32(11-14)26(28)29/h5,13,15-22,34-35H,4,6-12H2,1-3H3,(H6,28,29,30,31,36,37,39,40,41)/p+1. The number of methoxy groups -OCH3 is 1. The van der Waals surface area contributed by atoms with Gasteiger partial charge >= 0.3 is 16.4 Å². The Hall–Kier alpha value is -2.54. The van der Waals surface area contributed by atoms with Crippen molar-refractivity contribution in [2.24, 2.45) is 23.3 Å². The molecule has 3 amide bonds. The van der Waals surface area contributed by atoms with Crippen LogP contribution in [0.4, 0.5) is 0 Å². The number of rotatable bonds is 13. The van der Waals surface area contributed by atoms with E-state index in [0.717, 1.165) is 12.7 Å². The Morgan fingerprint density at radius 1 is 1.18 bits per heavy atom. The molecule has 1 aliphatic carbocycles. The molecule has 2 fully saturated rings. The van der Waals surface area contributed by atoms with Crippen molar-refractivity contribution < 1.29 is 51.1 Å². The third-order valence-electron chi connectivity index (χ3n) is 8.36. The summed E-state index contributed by atoms with van der Waals surface area (Å²) in [7, 11) is -3.77. The minimum atomic E-state index is -4.88. The fraction of sp³-hybridized carbons (Fsp3) is 0.769. The predicted octanol–water partition coefficient (Wildman–Crippen LogP) is -2.60. The number of fused-ring (bicyclic) bond motifs is 1. The Morgan fingerprint density at radius 2 is 1.84 bits per heavy atom. The van der Waals surface area contributed by atoms with Crippen LogP contribution < -0.4 is 22.1 Å². The van der Waals surface area contributed by atoms with Crippen LogP contribution in [0, 0.1) is 11.8 Å². The zero-order valence-corrected chi connectivity index (χ0v) is 26.5. The SMILES string of the molecule is COC(COS(=O)(=O)O)C(=O)NC(C(=O)N1C(C(=O)NCCC2=CC[N+](=C(N)N)C2)CC2CC(O)C(O)CC21)C(Cl)C(C)C. The maximum absolute atomic E-state index is 14.2. The van der Waals surface area contributed by atoms with Crippen LogP contribution in [0.2, 0.25) is 0 Å². The summed E-state index contributed by atoms with van der Waals surface area (Å²) in [4.78, 5) is 42.2. The fourth-order valence-electron chi connectivity index (χ4n) is 5.92. The van der Waals surface area contributed by atoms with E-state index in [4.69, 9.17) is 32.4 Å². The van der Waals surface area contributed by atoms with Gasteiger partial charge in [0, 0.05) is 19.7 Å². The summed E-state index contributed by atoms with van der Waals surface area (Å²) in [5.74, 6) is -2.50. The van der Waals surface area contributed by atoms with Gasteiger partial charge < -0.3 is 30.5 Å². The van der Waals surface area contributed by atoms with Crippen molar-refractivity contribution in [1.82, 2.24) is 15.5 Å². The Balaban J connectivity index is 1.82. The lowest BCUT2D eigenvalue weighted by Gasteiger charge is -2.40. The highest BCUT2D eigenvalue weighted by molar-refractivity contribution is 7.80. The number of hydrogen-bond donors (Lipinski definition) is 7. The highest BCUT2D eigenvalue weighted by Crippen LogP contribution is 2.41. The molecular formula is C26H44ClN6O10S+. The number of nitrogens with one attached hydrogen (secondary N) is 2. The molecule has 3 aliphatic rings. The smallest absolute Gasteiger partial charge is 0.390 e. The lowest BCUT2D eigenvalue weighted by molar-refractivity contribution is -0.503. The number of guanidine groups is 1. The van der Waals surface area contributed by atoms with Gasteiger partial charge in [0.1, 0.15) is 18.7 Å². The lowest BCUT2D eigenvalue weighted by atomic mass is 9.81. The number of hydrogen-bond acceptors (Lipinski definition) is 9. The van der Waals surface area contributed by atoms with Crippen LogP contribution in [0.5, 0.6) is 0 Å². The van der Waals surface area contributed by atoms with Gasteiger partial charge in [-0.05, 0) is 49.2 Å². The molecule has 0 aromatic rings. The number of aliphatic hydroxyl groups is 2. The molecule has 1 saturated heterocycles. The second-order valence-corrected chi connectivity index (χ2v) is 13.3. The van der Waals surface area contributed by atoms with Crippen molar-refractivity contribution in [1.29, 1.82) is 0 Å². The molecule has 250 valence electrons. The third kappa shape index (κ3) is 9.02. The van der Waals surface area contributed by atoms with E-state index >= 15 is 0 Å². The molecule has 2 heterocycles. The quantitative estimate of drug-likeness (QED) is 0.0351. The van der Waals surface area contributed by atoms with E-state index < -0.39 is 76.5 Å². The number of carbonyl (C=O) groups is 3. The third-order valence-corrected chi connectivity index (χ3v) is 9.55. The fourth-order valence-corrected chi connectivity index (χ4v) is 6.39. The number of amides is 3. The van der Waals surface area contributed by atoms with Crippen molar-refractivity contribution in [2.45, 2.75) is 81.3 Å². The number of alkyl halides is 1. The summed E-state index contributed by atoms with van der Waals surface area (Å²) in [6.07, 6.45) is -0.771. The molecule has 0 spiro atoms. The molecule has 0 radical (unpaired) electrons. The van der Waals surface area contributed by atoms with Gasteiger partial charge in [0.05, 0.1) is 30.7 Å². The van der Waals surface area contributed by atoms with E-state index in [1.165, 1.54) is 4.90 Å². The van der Waals surface area contributed by atoms with E-state index in [2.05, 4.69) is 14.8 Å². The Morgan fingerprint density at radius 3 is 2.41 bits per heavy atom. The van der Waals surface area contributed by atoms with E-state index in [0.29, 0.717) is 19.5 Å². The van der Waals surface area contributed by atoms with Crippen LogP contribution in [0.3, 0.4) is 0 Å². The van der Waals surface area contributed by atoms with E-state index in [9.17, 15) is 33.0 Å². The van der Waals surface area contributed by atoms with E-state index in [1.54, 1.807) is 18.4 Å². The van der Waals surface area contributed by atoms with Gasteiger partial charge in [0.25, 0.3) is 5.91 Å². The molecule has 2 aliphatic heterocycles. The summed E-state index contributed by atoms with van der Waals surface area (Å²) in [5, 5.41) is 25.2. The molecule has 44 heavy (non-hydrogen) atoms. The van der Waals surface area contributed by atoms with Gasteiger partial charge in [-0.2, -0.15) is 8.42 Å². The van der Waals surface area contributed by atoms with Gasteiger partial charge in [0.2, 0.25) is 11.8 Å². The largest absolute Gasteiger partial charge is 0.397 e. The number of likely N-dealkylation sites (tertiary alicyclic amines) is 1.